The summed E-state index contributed by atoms with van der Waals surface area (Å²) in [5.41, 5.74) is 2.08. The quantitative estimate of drug-likeness (QED) is 0.804. The van der Waals surface area contributed by atoms with Crippen LogP contribution in [-0.2, 0) is 9.59 Å². The van der Waals surface area contributed by atoms with Crippen molar-refractivity contribution in [2.24, 2.45) is 0 Å². The average molecular weight is 326 g/mol. The fourth-order valence-corrected chi connectivity index (χ4v) is 2.10. The maximum absolute atomic E-state index is 12.4. The lowest BCUT2D eigenvalue weighted by Crippen LogP contribution is -2.15. The molecule has 1 heterocycles. The fraction of sp³-hybridized carbons (Fsp3) is 0.176. The molecule has 0 aliphatic heterocycles. The normalized spacial score (nSPS) is 9.96. The molecule has 0 saturated heterocycles. The van der Waals surface area contributed by atoms with Crippen molar-refractivity contribution in [2.45, 2.75) is 20.8 Å². The van der Waals surface area contributed by atoms with Crippen LogP contribution in [0.15, 0.2) is 36.5 Å². The summed E-state index contributed by atoms with van der Waals surface area (Å²) in [6.45, 7) is 4.62. The number of carbonyl (C=O) groups excluding carboxylic acids is 3. The second-order valence-corrected chi connectivity index (χ2v) is 5.33. The van der Waals surface area contributed by atoms with Crippen LogP contribution in [0.2, 0.25) is 0 Å². The van der Waals surface area contributed by atoms with Crippen molar-refractivity contribution in [1.82, 2.24) is 4.98 Å². The zero-order valence-electron chi connectivity index (χ0n) is 13.6. The Kier molecular flexibility index (Phi) is 5.26. The van der Waals surface area contributed by atoms with Crippen LogP contribution in [0, 0.1) is 6.92 Å². The first-order valence-electron chi connectivity index (χ1n) is 7.28. The lowest BCUT2D eigenvalue weighted by atomic mass is 10.1. The lowest BCUT2D eigenvalue weighted by molar-refractivity contribution is -0.115. The lowest BCUT2D eigenvalue weighted by Gasteiger charge is -2.11. The predicted octanol–water partition coefficient (Wildman–Crippen LogP) is 2.56. The number of hydrogen-bond donors (Lipinski definition) is 3. The molecule has 0 bridgehead atoms. The second-order valence-electron chi connectivity index (χ2n) is 5.33. The van der Waals surface area contributed by atoms with Gasteiger partial charge in [0.05, 0.1) is 0 Å². The minimum Gasteiger partial charge on any atom is -0.326 e. The molecule has 0 spiro atoms. The van der Waals surface area contributed by atoms with Crippen LogP contribution in [0.4, 0.5) is 17.2 Å². The van der Waals surface area contributed by atoms with E-state index in [1.165, 1.54) is 26.0 Å². The van der Waals surface area contributed by atoms with Gasteiger partial charge in [-0.05, 0) is 42.8 Å². The number of amides is 3. The molecule has 0 saturated carbocycles. The van der Waals surface area contributed by atoms with E-state index in [4.69, 9.17) is 0 Å². The Labute approximate surface area is 139 Å². The van der Waals surface area contributed by atoms with E-state index in [0.29, 0.717) is 17.2 Å². The zero-order chi connectivity index (χ0) is 17.7. The van der Waals surface area contributed by atoms with Crippen molar-refractivity contribution in [2.75, 3.05) is 16.0 Å². The zero-order valence-corrected chi connectivity index (χ0v) is 13.6. The van der Waals surface area contributed by atoms with E-state index in [0.717, 1.165) is 5.56 Å². The molecule has 2 aromatic rings. The number of nitrogens with one attached hydrogen (secondary N) is 3. The molecule has 0 unspecified atom stereocenters. The number of aromatic nitrogens is 1. The summed E-state index contributed by atoms with van der Waals surface area (Å²) < 4.78 is 0. The van der Waals surface area contributed by atoms with E-state index in [1.807, 2.05) is 13.0 Å². The van der Waals surface area contributed by atoms with E-state index in [9.17, 15) is 14.4 Å². The van der Waals surface area contributed by atoms with Gasteiger partial charge in [0, 0.05) is 37.0 Å². The Morgan fingerprint density at radius 3 is 1.96 bits per heavy atom. The van der Waals surface area contributed by atoms with Crippen LogP contribution in [0.5, 0.6) is 0 Å². The highest BCUT2D eigenvalue weighted by atomic mass is 16.2. The molecule has 0 aliphatic rings. The molecule has 3 N–H and O–H groups in total. The van der Waals surface area contributed by atoms with Crippen LogP contribution in [0.25, 0.3) is 0 Å². The van der Waals surface area contributed by atoms with Gasteiger partial charge in [-0.1, -0.05) is 0 Å². The van der Waals surface area contributed by atoms with Crippen molar-refractivity contribution in [3.63, 3.8) is 0 Å². The van der Waals surface area contributed by atoms with E-state index in [1.54, 1.807) is 18.3 Å². The van der Waals surface area contributed by atoms with Crippen LogP contribution in [0.3, 0.4) is 0 Å². The molecule has 124 valence electrons. The molecule has 3 amide bonds. The van der Waals surface area contributed by atoms with Gasteiger partial charge < -0.3 is 16.0 Å². The Bertz CT molecular complexity index is 768. The molecule has 7 nitrogen and oxygen atoms in total. The van der Waals surface area contributed by atoms with Gasteiger partial charge in [0.2, 0.25) is 11.8 Å². The van der Waals surface area contributed by atoms with Crippen molar-refractivity contribution >= 4 is 34.9 Å². The molecule has 0 aliphatic carbocycles. The number of anilines is 3. The maximum Gasteiger partial charge on any atom is 0.256 e. The Morgan fingerprint density at radius 2 is 1.46 bits per heavy atom. The van der Waals surface area contributed by atoms with Gasteiger partial charge in [-0.15, -0.1) is 0 Å². The smallest absolute Gasteiger partial charge is 0.256 e. The molecule has 24 heavy (non-hydrogen) atoms. The Hall–Kier alpha value is -3.22. The highest BCUT2D eigenvalue weighted by molar-refractivity contribution is 6.06. The standard InChI is InChI=1S/C17H18N4O3/c1-10-4-5-18-16(6-10)21-17(24)13-7-14(19-11(2)22)9-15(8-13)20-12(3)23/h4-9H,1-3H3,(H,19,22)(H,20,23)(H,18,21,24). The number of rotatable bonds is 4. The van der Waals surface area contributed by atoms with Gasteiger partial charge in [-0.2, -0.15) is 0 Å². The monoisotopic (exact) mass is 326 g/mol. The third-order valence-corrected chi connectivity index (χ3v) is 2.99. The molecule has 1 aromatic carbocycles. The molecule has 0 fully saturated rings. The largest absolute Gasteiger partial charge is 0.326 e. The number of pyridine rings is 1. The van der Waals surface area contributed by atoms with E-state index in [2.05, 4.69) is 20.9 Å². The number of hydrogen-bond acceptors (Lipinski definition) is 4. The first kappa shape index (κ1) is 17.1. The first-order chi connectivity index (χ1) is 11.3. The minimum atomic E-state index is -0.396. The third kappa shape index (κ3) is 4.91. The Morgan fingerprint density at radius 1 is 0.875 bits per heavy atom. The maximum atomic E-state index is 12.4. The summed E-state index contributed by atoms with van der Waals surface area (Å²) in [5, 5.41) is 7.89. The van der Waals surface area contributed by atoms with Crippen molar-refractivity contribution in [1.29, 1.82) is 0 Å². The molecule has 1 aromatic heterocycles. The first-order valence-corrected chi connectivity index (χ1v) is 7.28. The number of benzene rings is 1. The van der Waals surface area contributed by atoms with Crippen LogP contribution in [-0.4, -0.2) is 22.7 Å². The van der Waals surface area contributed by atoms with Crippen LogP contribution in [0.1, 0.15) is 29.8 Å². The minimum absolute atomic E-state index is 0.276. The van der Waals surface area contributed by atoms with Crippen LogP contribution < -0.4 is 16.0 Å². The fourth-order valence-electron chi connectivity index (χ4n) is 2.10. The number of aryl methyl sites for hydroxylation is 1. The summed E-state index contributed by atoms with van der Waals surface area (Å²) in [7, 11) is 0. The van der Waals surface area contributed by atoms with Crippen molar-refractivity contribution < 1.29 is 14.4 Å². The van der Waals surface area contributed by atoms with Gasteiger partial charge in [-0.25, -0.2) is 4.98 Å². The molecule has 0 radical (unpaired) electrons. The highest BCUT2D eigenvalue weighted by Gasteiger charge is 2.11. The number of carbonyl (C=O) groups is 3. The van der Waals surface area contributed by atoms with Gasteiger partial charge in [0.1, 0.15) is 5.82 Å². The topological polar surface area (TPSA) is 100 Å². The van der Waals surface area contributed by atoms with E-state index in [-0.39, 0.29) is 17.4 Å². The van der Waals surface area contributed by atoms with Gasteiger partial charge in [0.15, 0.2) is 0 Å². The molecular weight excluding hydrogens is 308 g/mol. The van der Waals surface area contributed by atoms with E-state index >= 15 is 0 Å². The summed E-state index contributed by atoms with van der Waals surface area (Å²) >= 11 is 0. The van der Waals surface area contributed by atoms with E-state index < -0.39 is 5.91 Å². The molecule has 7 heteroatoms. The molecule has 2 rings (SSSR count). The summed E-state index contributed by atoms with van der Waals surface area (Å²) in [4.78, 5) is 39.0. The second kappa shape index (κ2) is 7.36. The predicted molar refractivity (Wildman–Crippen MR) is 92.0 cm³/mol. The Balaban J connectivity index is 2.30. The van der Waals surface area contributed by atoms with Gasteiger partial charge in [-0.3, -0.25) is 14.4 Å². The third-order valence-electron chi connectivity index (χ3n) is 2.99. The van der Waals surface area contributed by atoms with Gasteiger partial charge >= 0.3 is 0 Å². The van der Waals surface area contributed by atoms with Crippen molar-refractivity contribution in [3.05, 3.63) is 47.7 Å². The number of nitrogens with zero attached hydrogens (tertiary/aromatic N) is 1. The summed E-state index contributed by atoms with van der Waals surface area (Å²) in [5.74, 6) is -0.527. The summed E-state index contributed by atoms with van der Waals surface area (Å²) in [6.07, 6.45) is 1.60. The average Bonchev–Trinajstić information content (AvgIpc) is 2.45. The van der Waals surface area contributed by atoms with Crippen LogP contribution >= 0.6 is 0 Å². The summed E-state index contributed by atoms with van der Waals surface area (Å²) in [6, 6.07) is 8.19. The molecule has 0 atom stereocenters. The molecular formula is C17H18N4O3. The SMILES string of the molecule is CC(=O)Nc1cc(NC(C)=O)cc(C(=O)Nc2cc(C)ccn2)c1. The van der Waals surface area contributed by atoms with Crippen molar-refractivity contribution in [3.8, 4) is 0 Å². The van der Waals surface area contributed by atoms with Gasteiger partial charge in [0.25, 0.3) is 5.91 Å². The highest BCUT2D eigenvalue weighted by Crippen LogP contribution is 2.20.